The minimum absolute atomic E-state index is 0.0743. The Labute approximate surface area is 167 Å². The van der Waals surface area contributed by atoms with Gasteiger partial charge in [-0.25, -0.2) is 9.48 Å². The first kappa shape index (κ1) is 20.6. The van der Waals surface area contributed by atoms with Crippen molar-refractivity contribution in [2.24, 2.45) is 0 Å². The zero-order valence-electron chi connectivity index (χ0n) is 14.6. The number of aliphatic hydroxyl groups is 1. The molecule has 3 rings (SSSR count). The molecular formula is C17H14ClF3N6O2. The van der Waals surface area contributed by atoms with Crippen molar-refractivity contribution in [3.8, 4) is 5.69 Å². The van der Waals surface area contributed by atoms with Gasteiger partial charge in [-0.1, -0.05) is 11.6 Å². The minimum Gasteiger partial charge on any atom is -0.390 e. The van der Waals surface area contributed by atoms with E-state index in [1.165, 1.54) is 36.8 Å². The maximum atomic E-state index is 13.1. The largest absolute Gasteiger partial charge is 0.435 e. The van der Waals surface area contributed by atoms with Crippen LogP contribution in [0.3, 0.4) is 0 Å². The molecule has 152 valence electrons. The molecule has 3 N–H and O–H groups in total. The normalized spacial score (nSPS) is 11.3. The Morgan fingerprint density at radius 3 is 2.62 bits per heavy atom. The number of hydrogen-bond acceptors (Lipinski definition) is 5. The molecule has 0 saturated heterocycles. The van der Waals surface area contributed by atoms with Gasteiger partial charge >= 0.3 is 12.2 Å². The van der Waals surface area contributed by atoms with Crippen LogP contribution in [0.5, 0.6) is 0 Å². The zero-order valence-corrected chi connectivity index (χ0v) is 15.4. The Morgan fingerprint density at radius 2 is 2.00 bits per heavy atom. The number of amides is 2. The standard InChI is InChI=1S/C17H14ClF3N6O2/c18-10-3-13(7-22-5-10)27-14(4-15(26-27)17(19,20)21)8-24-16(29)25-11-1-2-12(9-28)23-6-11/h1-7,28H,8-9H2,(H2,24,25,29). The number of hydrogen-bond donors (Lipinski definition) is 3. The van der Waals surface area contributed by atoms with Gasteiger partial charge in [0, 0.05) is 6.20 Å². The highest BCUT2D eigenvalue weighted by Gasteiger charge is 2.35. The summed E-state index contributed by atoms with van der Waals surface area (Å²) in [6, 6.07) is 4.63. The van der Waals surface area contributed by atoms with Gasteiger partial charge in [-0.05, 0) is 24.3 Å². The van der Waals surface area contributed by atoms with E-state index in [9.17, 15) is 18.0 Å². The van der Waals surface area contributed by atoms with Gasteiger partial charge in [-0.15, -0.1) is 0 Å². The fraction of sp³-hybridized carbons (Fsp3) is 0.176. The number of rotatable bonds is 5. The van der Waals surface area contributed by atoms with Crippen LogP contribution in [0.4, 0.5) is 23.7 Å². The average molecular weight is 427 g/mol. The number of halogens is 4. The fourth-order valence-corrected chi connectivity index (χ4v) is 2.53. The summed E-state index contributed by atoms with van der Waals surface area (Å²) in [5.74, 6) is 0. The lowest BCUT2D eigenvalue weighted by Gasteiger charge is -2.10. The molecule has 0 atom stereocenters. The molecule has 3 aromatic rings. The first-order valence-electron chi connectivity index (χ1n) is 8.14. The molecule has 29 heavy (non-hydrogen) atoms. The fourth-order valence-electron chi connectivity index (χ4n) is 2.36. The van der Waals surface area contributed by atoms with Gasteiger partial charge in [0.25, 0.3) is 0 Å². The Bertz CT molecular complexity index is 1010. The third-order valence-corrected chi connectivity index (χ3v) is 3.89. The third-order valence-electron chi connectivity index (χ3n) is 3.68. The Hall–Kier alpha value is -3.18. The van der Waals surface area contributed by atoms with Crippen LogP contribution in [-0.4, -0.2) is 30.9 Å². The second-order valence-corrected chi connectivity index (χ2v) is 6.23. The number of nitrogens with zero attached hydrogens (tertiary/aromatic N) is 4. The van der Waals surface area contributed by atoms with Gasteiger partial charge in [0.1, 0.15) is 0 Å². The van der Waals surface area contributed by atoms with E-state index in [1.54, 1.807) is 0 Å². The molecule has 0 bridgehead atoms. The second kappa shape index (κ2) is 8.45. The van der Waals surface area contributed by atoms with Crippen molar-refractivity contribution in [2.75, 3.05) is 5.32 Å². The summed E-state index contributed by atoms with van der Waals surface area (Å²) >= 11 is 5.86. The summed E-state index contributed by atoms with van der Waals surface area (Å²) in [4.78, 5) is 19.8. The molecule has 0 aromatic carbocycles. The minimum atomic E-state index is -4.66. The average Bonchev–Trinajstić information content (AvgIpc) is 3.12. The van der Waals surface area contributed by atoms with E-state index in [1.807, 2.05) is 0 Å². The molecule has 0 fully saturated rings. The number of aliphatic hydroxyl groups excluding tert-OH is 1. The molecule has 0 aliphatic carbocycles. The molecule has 0 radical (unpaired) electrons. The van der Waals surface area contributed by atoms with E-state index < -0.39 is 17.9 Å². The van der Waals surface area contributed by atoms with Crippen molar-refractivity contribution in [2.45, 2.75) is 19.3 Å². The summed E-state index contributed by atoms with van der Waals surface area (Å²) in [6.45, 7) is -0.486. The van der Waals surface area contributed by atoms with Gasteiger partial charge in [-0.2, -0.15) is 18.3 Å². The Kier molecular flexibility index (Phi) is 5.99. The molecule has 0 aliphatic heterocycles. The van der Waals surface area contributed by atoms with E-state index in [4.69, 9.17) is 16.7 Å². The smallest absolute Gasteiger partial charge is 0.390 e. The summed E-state index contributed by atoms with van der Waals surface area (Å²) in [7, 11) is 0. The molecule has 3 aromatic heterocycles. The van der Waals surface area contributed by atoms with Crippen molar-refractivity contribution < 1.29 is 23.1 Å². The number of aromatic nitrogens is 4. The van der Waals surface area contributed by atoms with Crippen LogP contribution in [0.2, 0.25) is 5.02 Å². The maximum Gasteiger partial charge on any atom is 0.435 e. The van der Waals surface area contributed by atoms with Crippen molar-refractivity contribution in [3.05, 3.63) is 65.0 Å². The van der Waals surface area contributed by atoms with Crippen LogP contribution in [0.25, 0.3) is 5.69 Å². The van der Waals surface area contributed by atoms with Crippen molar-refractivity contribution in [1.82, 2.24) is 25.1 Å². The lowest BCUT2D eigenvalue weighted by atomic mass is 10.3. The van der Waals surface area contributed by atoms with Crippen LogP contribution in [0, 0.1) is 0 Å². The number of pyridine rings is 2. The highest BCUT2D eigenvalue weighted by atomic mass is 35.5. The Balaban J connectivity index is 1.76. The van der Waals surface area contributed by atoms with Crippen LogP contribution in [0.1, 0.15) is 17.1 Å². The van der Waals surface area contributed by atoms with Gasteiger partial charge in [0.15, 0.2) is 5.69 Å². The first-order chi connectivity index (χ1) is 13.8. The number of carbonyl (C=O) groups excluding carboxylic acids is 1. The predicted molar refractivity (Wildman–Crippen MR) is 97.4 cm³/mol. The third kappa shape index (κ3) is 5.21. The van der Waals surface area contributed by atoms with Gasteiger partial charge < -0.3 is 15.7 Å². The molecule has 2 amide bonds. The van der Waals surface area contributed by atoms with Gasteiger partial charge in [-0.3, -0.25) is 9.97 Å². The number of carbonyl (C=O) groups is 1. The van der Waals surface area contributed by atoms with Crippen LogP contribution >= 0.6 is 11.6 Å². The SMILES string of the molecule is O=C(NCc1cc(C(F)(F)F)nn1-c1cncc(Cl)c1)Nc1ccc(CO)nc1. The van der Waals surface area contributed by atoms with Crippen LogP contribution in [0.15, 0.2) is 42.9 Å². The molecule has 0 aliphatic rings. The molecule has 0 spiro atoms. The lowest BCUT2D eigenvalue weighted by Crippen LogP contribution is -2.29. The first-order valence-corrected chi connectivity index (χ1v) is 8.52. The second-order valence-electron chi connectivity index (χ2n) is 5.80. The number of alkyl halides is 3. The number of urea groups is 1. The highest BCUT2D eigenvalue weighted by Crippen LogP contribution is 2.29. The monoisotopic (exact) mass is 426 g/mol. The van der Waals surface area contributed by atoms with E-state index in [0.717, 1.165) is 10.7 Å². The summed E-state index contributed by atoms with van der Waals surface area (Å²) in [6.07, 6.45) is -0.680. The van der Waals surface area contributed by atoms with E-state index in [0.29, 0.717) is 11.4 Å². The van der Waals surface area contributed by atoms with Crippen molar-refractivity contribution in [1.29, 1.82) is 0 Å². The van der Waals surface area contributed by atoms with Gasteiger partial charge in [0.2, 0.25) is 0 Å². The van der Waals surface area contributed by atoms with Crippen molar-refractivity contribution in [3.63, 3.8) is 0 Å². The lowest BCUT2D eigenvalue weighted by molar-refractivity contribution is -0.141. The summed E-state index contributed by atoms with van der Waals surface area (Å²) < 4.78 is 40.3. The predicted octanol–water partition coefficient (Wildman–Crippen LogP) is 3.15. The van der Waals surface area contributed by atoms with Crippen LogP contribution in [-0.2, 0) is 19.3 Å². The quantitative estimate of drug-likeness (QED) is 0.581. The summed E-state index contributed by atoms with van der Waals surface area (Å²) in [5.41, 5.74) is -0.0457. The molecular weight excluding hydrogens is 413 g/mol. The number of anilines is 1. The highest BCUT2D eigenvalue weighted by molar-refractivity contribution is 6.30. The molecule has 8 nitrogen and oxygen atoms in total. The van der Waals surface area contributed by atoms with E-state index in [2.05, 4.69) is 25.7 Å². The molecule has 0 unspecified atom stereocenters. The number of nitrogens with one attached hydrogen (secondary N) is 2. The van der Waals surface area contributed by atoms with Gasteiger partial charge in [0.05, 0.1) is 53.3 Å². The maximum absolute atomic E-state index is 13.1. The zero-order chi connectivity index (χ0) is 21.0. The molecule has 0 saturated carbocycles. The molecule has 12 heteroatoms. The topological polar surface area (TPSA) is 105 Å². The Morgan fingerprint density at radius 1 is 1.21 bits per heavy atom. The van der Waals surface area contributed by atoms with Crippen LogP contribution < -0.4 is 10.6 Å². The van der Waals surface area contributed by atoms with Crippen molar-refractivity contribution >= 4 is 23.3 Å². The molecule has 3 heterocycles. The van der Waals surface area contributed by atoms with E-state index >= 15 is 0 Å². The summed E-state index contributed by atoms with van der Waals surface area (Å²) in [5, 5.41) is 17.7. The van der Waals surface area contributed by atoms with E-state index in [-0.39, 0.29) is 29.6 Å².